The third kappa shape index (κ3) is 3.33. The van der Waals surface area contributed by atoms with Crippen molar-refractivity contribution in [2.24, 2.45) is 0 Å². The van der Waals surface area contributed by atoms with E-state index in [9.17, 15) is 4.79 Å². The van der Waals surface area contributed by atoms with Crippen LogP contribution in [0.5, 0.6) is 0 Å². The second kappa shape index (κ2) is 6.68. The number of carbonyl (C=O) groups excluding carboxylic acids is 1. The number of methoxy groups -OCH3 is 1. The van der Waals surface area contributed by atoms with Crippen molar-refractivity contribution in [2.45, 2.75) is 19.4 Å². The molecular formula is C15H22N2O2. The summed E-state index contributed by atoms with van der Waals surface area (Å²) < 4.78 is 4.95. The van der Waals surface area contributed by atoms with Crippen LogP contribution in [0.3, 0.4) is 0 Å². The molecule has 0 radical (unpaired) electrons. The van der Waals surface area contributed by atoms with Gasteiger partial charge in [-0.3, -0.25) is 4.79 Å². The van der Waals surface area contributed by atoms with Crippen molar-refractivity contribution in [2.75, 3.05) is 33.4 Å². The number of benzene rings is 1. The summed E-state index contributed by atoms with van der Waals surface area (Å²) in [5, 5.41) is 3.11. The molecule has 1 amide bonds. The van der Waals surface area contributed by atoms with Crippen molar-refractivity contribution in [1.29, 1.82) is 0 Å². The van der Waals surface area contributed by atoms with Gasteiger partial charge in [-0.15, -0.1) is 0 Å². The lowest BCUT2D eigenvalue weighted by molar-refractivity contribution is -0.132. The topological polar surface area (TPSA) is 41.6 Å². The smallest absolute Gasteiger partial charge is 0.237 e. The molecule has 0 fully saturated rings. The van der Waals surface area contributed by atoms with E-state index in [-0.39, 0.29) is 11.9 Å². The van der Waals surface area contributed by atoms with Gasteiger partial charge in [-0.25, -0.2) is 0 Å². The molecule has 0 saturated carbocycles. The lowest BCUT2D eigenvalue weighted by Gasteiger charge is -2.35. The quantitative estimate of drug-likeness (QED) is 0.815. The highest BCUT2D eigenvalue weighted by molar-refractivity contribution is 5.79. The van der Waals surface area contributed by atoms with Gasteiger partial charge < -0.3 is 15.0 Å². The maximum absolute atomic E-state index is 12.2. The van der Waals surface area contributed by atoms with Gasteiger partial charge in [-0.2, -0.15) is 0 Å². The molecule has 4 heteroatoms. The molecule has 4 nitrogen and oxygen atoms in total. The molecule has 0 bridgehead atoms. The van der Waals surface area contributed by atoms with Crippen molar-refractivity contribution in [3.05, 3.63) is 35.4 Å². The molecule has 0 aromatic heterocycles. The summed E-state index contributed by atoms with van der Waals surface area (Å²) in [6.07, 6.45) is 0.949. The predicted octanol–water partition coefficient (Wildman–Crippen LogP) is 1.37. The first-order valence-corrected chi connectivity index (χ1v) is 6.81. The van der Waals surface area contributed by atoms with Crippen LogP contribution in [-0.4, -0.2) is 44.2 Å². The summed E-state index contributed by atoms with van der Waals surface area (Å²) in [5.41, 5.74) is 2.64. The number of hydrogen-bond acceptors (Lipinski definition) is 3. The van der Waals surface area contributed by atoms with Crippen LogP contribution in [-0.2, 0) is 16.0 Å². The fraction of sp³-hybridized carbons (Fsp3) is 0.533. The van der Waals surface area contributed by atoms with E-state index in [2.05, 4.69) is 30.4 Å². The molecule has 0 saturated heterocycles. The van der Waals surface area contributed by atoms with Crippen LogP contribution in [0, 0.1) is 0 Å². The number of carbonyl (C=O) groups is 1. The van der Waals surface area contributed by atoms with E-state index in [4.69, 9.17) is 4.74 Å². The number of rotatable bonds is 5. The Morgan fingerprint density at radius 1 is 1.47 bits per heavy atom. The van der Waals surface area contributed by atoms with Crippen LogP contribution in [0.15, 0.2) is 24.3 Å². The Labute approximate surface area is 114 Å². The summed E-state index contributed by atoms with van der Waals surface area (Å²) in [4.78, 5) is 14.2. The molecule has 1 aliphatic heterocycles. The molecule has 1 aliphatic rings. The van der Waals surface area contributed by atoms with Gasteiger partial charge in [0, 0.05) is 20.2 Å². The summed E-state index contributed by atoms with van der Waals surface area (Å²) in [6.45, 7) is 4.64. The molecule has 1 N–H and O–H groups in total. The zero-order valence-electron chi connectivity index (χ0n) is 11.7. The van der Waals surface area contributed by atoms with Crippen molar-refractivity contribution in [1.82, 2.24) is 10.2 Å². The minimum Gasteiger partial charge on any atom is -0.383 e. The Kier molecular flexibility index (Phi) is 4.93. The Morgan fingerprint density at radius 2 is 2.26 bits per heavy atom. The first-order chi connectivity index (χ1) is 9.24. The second-order valence-corrected chi connectivity index (χ2v) is 4.88. The van der Waals surface area contributed by atoms with Gasteiger partial charge in [-0.1, -0.05) is 24.3 Å². The summed E-state index contributed by atoms with van der Waals surface area (Å²) in [7, 11) is 1.66. The monoisotopic (exact) mass is 262 g/mol. The Morgan fingerprint density at radius 3 is 3.05 bits per heavy atom. The maximum Gasteiger partial charge on any atom is 0.237 e. The largest absolute Gasteiger partial charge is 0.383 e. The third-order valence-electron chi connectivity index (χ3n) is 3.67. The number of nitrogens with one attached hydrogen (secondary N) is 1. The minimum absolute atomic E-state index is 0.165. The van der Waals surface area contributed by atoms with E-state index in [1.54, 1.807) is 7.11 Å². The summed E-state index contributed by atoms with van der Waals surface area (Å²) in [5.74, 6) is 0.165. The second-order valence-electron chi connectivity index (χ2n) is 4.88. The highest BCUT2D eigenvalue weighted by Gasteiger charge is 2.26. The standard InChI is InChI=1S/C15H22N2O2/c1-12-14-6-4-3-5-13(14)7-9-17(12)15(18)11-16-8-10-19-2/h3-6,12,16H,7-11H2,1-2H3/t12-/m0/s1. The SMILES string of the molecule is COCCNCC(=O)N1CCc2ccccc2[C@@H]1C. The molecule has 1 heterocycles. The maximum atomic E-state index is 12.2. The molecule has 1 aromatic carbocycles. The Hall–Kier alpha value is -1.39. The molecule has 0 spiro atoms. The Bertz CT molecular complexity index is 434. The zero-order chi connectivity index (χ0) is 13.7. The van der Waals surface area contributed by atoms with Gasteiger partial charge in [0.2, 0.25) is 5.91 Å². The summed E-state index contributed by atoms with van der Waals surface area (Å²) >= 11 is 0. The molecule has 104 valence electrons. The molecular weight excluding hydrogens is 240 g/mol. The molecule has 1 aromatic rings. The van der Waals surface area contributed by atoms with Crippen LogP contribution in [0.2, 0.25) is 0 Å². The highest BCUT2D eigenvalue weighted by atomic mass is 16.5. The fourth-order valence-electron chi connectivity index (χ4n) is 2.58. The van der Waals surface area contributed by atoms with Gasteiger partial charge in [0.25, 0.3) is 0 Å². The average Bonchev–Trinajstić information content (AvgIpc) is 2.44. The number of amides is 1. The van der Waals surface area contributed by atoms with Gasteiger partial charge in [0.1, 0.15) is 0 Å². The van der Waals surface area contributed by atoms with E-state index >= 15 is 0 Å². The fourth-order valence-corrected chi connectivity index (χ4v) is 2.58. The Balaban J connectivity index is 1.94. The van der Waals surface area contributed by atoms with E-state index < -0.39 is 0 Å². The highest BCUT2D eigenvalue weighted by Crippen LogP contribution is 2.28. The van der Waals surface area contributed by atoms with E-state index in [1.165, 1.54) is 11.1 Å². The van der Waals surface area contributed by atoms with Crippen molar-refractivity contribution < 1.29 is 9.53 Å². The molecule has 0 unspecified atom stereocenters. The molecule has 2 rings (SSSR count). The number of hydrogen-bond donors (Lipinski definition) is 1. The molecule has 0 aliphatic carbocycles. The van der Waals surface area contributed by atoms with Crippen LogP contribution < -0.4 is 5.32 Å². The van der Waals surface area contributed by atoms with E-state index in [0.29, 0.717) is 19.7 Å². The normalized spacial score (nSPS) is 18.2. The first-order valence-electron chi connectivity index (χ1n) is 6.81. The number of ether oxygens (including phenoxy) is 1. The van der Waals surface area contributed by atoms with Crippen LogP contribution in [0.25, 0.3) is 0 Å². The minimum atomic E-state index is 0.165. The van der Waals surface area contributed by atoms with Crippen molar-refractivity contribution in [3.63, 3.8) is 0 Å². The molecule has 19 heavy (non-hydrogen) atoms. The van der Waals surface area contributed by atoms with Gasteiger partial charge >= 0.3 is 0 Å². The van der Waals surface area contributed by atoms with E-state index in [0.717, 1.165) is 13.0 Å². The van der Waals surface area contributed by atoms with Crippen LogP contribution in [0.4, 0.5) is 0 Å². The lowest BCUT2D eigenvalue weighted by atomic mass is 9.93. The predicted molar refractivity (Wildman–Crippen MR) is 75.0 cm³/mol. The lowest BCUT2D eigenvalue weighted by Crippen LogP contribution is -2.43. The third-order valence-corrected chi connectivity index (χ3v) is 3.67. The van der Waals surface area contributed by atoms with Crippen LogP contribution >= 0.6 is 0 Å². The van der Waals surface area contributed by atoms with Gasteiger partial charge in [0.05, 0.1) is 19.2 Å². The molecule has 1 atom stereocenters. The average molecular weight is 262 g/mol. The van der Waals surface area contributed by atoms with Gasteiger partial charge in [-0.05, 0) is 24.5 Å². The summed E-state index contributed by atoms with van der Waals surface area (Å²) in [6, 6.07) is 8.55. The number of fused-ring (bicyclic) bond motifs is 1. The van der Waals surface area contributed by atoms with Crippen LogP contribution in [0.1, 0.15) is 24.1 Å². The number of nitrogens with zero attached hydrogens (tertiary/aromatic N) is 1. The van der Waals surface area contributed by atoms with Gasteiger partial charge in [0.15, 0.2) is 0 Å². The van der Waals surface area contributed by atoms with Crippen molar-refractivity contribution in [3.8, 4) is 0 Å². The first kappa shape index (κ1) is 14.0. The van der Waals surface area contributed by atoms with E-state index in [1.807, 2.05) is 11.0 Å². The van der Waals surface area contributed by atoms with Crippen molar-refractivity contribution >= 4 is 5.91 Å². The zero-order valence-corrected chi connectivity index (χ0v) is 11.7.